The summed E-state index contributed by atoms with van der Waals surface area (Å²) in [7, 11) is 0. The van der Waals surface area contributed by atoms with Gasteiger partial charge in [0, 0.05) is 13.1 Å². The molecule has 2 saturated heterocycles. The van der Waals surface area contributed by atoms with Crippen molar-refractivity contribution in [2.24, 2.45) is 0 Å². The standard InChI is InChI=1S/C14H28N2S/c1-4-7-12-15-10-11-16(12)14(9-6-3)17-13(15)8-5-2/h12-14H,4-11H2,1-3H3. The zero-order valence-corrected chi connectivity index (χ0v) is 12.5. The first-order valence-electron chi connectivity index (χ1n) is 7.48. The SMILES string of the molecule is CCCC1SC(CCC)N2CCN1C2CCC. The molecule has 17 heavy (non-hydrogen) atoms. The van der Waals surface area contributed by atoms with Gasteiger partial charge in [0.2, 0.25) is 0 Å². The predicted octanol–water partition coefficient (Wildman–Crippen LogP) is 3.73. The molecule has 2 rings (SSSR count). The van der Waals surface area contributed by atoms with Gasteiger partial charge in [-0.1, -0.05) is 40.0 Å². The fourth-order valence-corrected chi connectivity index (χ4v) is 5.19. The Morgan fingerprint density at radius 2 is 1.29 bits per heavy atom. The van der Waals surface area contributed by atoms with Crippen molar-refractivity contribution in [1.82, 2.24) is 9.80 Å². The van der Waals surface area contributed by atoms with E-state index in [0.717, 1.165) is 16.9 Å². The number of rotatable bonds is 6. The molecule has 0 aromatic heterocycles. The van der Waals surface area contributed by atoms with Crippen LogP contribution < -0.4 is 0 Å². The smallest absolute Gasteiger partial charge is 0.0642 e. The maximum atomic E-state index is 2.78. The van der Waals surface area contributed by atoms with E-state index in [-0.39, 0.29) is 0 Å². The Hall–Kier alpha value is 0.270. The van der Waals surface area contributed by atoms with Crippen LogP contribution in [0.3, 0.4) is 0 Å². The van der Waals surface area contributed by atoms with Gasteiger partial charge in [0.1, 0.15) is 0 Å². The highest BCUT2D eigenvalue weighted by atomic mass is 32.2. The van der Waals surface area contributed by atoms with Gasteiger partial charge in [-0.3, -0.25) is 9.80 Å². The van der Waals surface area contributed by atoms with E-state index < -0.39 is 0 Å². The first-order chi connectivity index (χ1) is 8.31. The van der Waals surface area contributed by atoms with Crippen LogP contribution in [0, 0.1) is 0 Å². The van der Waals surface area contributed by atoms with Gasteiger partial charge in [-0.15, -0.1) is 11.8 Å². The van der Waals surface area contributed by atoms with Crippen molar-refractivity contribution in [2.75, 3.05) is 13.1 Å². The summed E-state index contributed by atoms with van der Waals surface area (Å²) >= 11 is 2.24. The summed E-state index contributed by atoms with van der Waals surface area (Å²) in [6.07, 6.45) is 8.84. The van der Waals surface area contributed by atoms with Crippen molar-refractivity contribution in [1.29, 1.82) is 0 Å². The normalized spacial score (nSPS) is 40.8. The summed E-state index contributed by atoms with van der Waals surface area (Å²) in [4.78, 5) is 5.56. The lowest BCUT2D eigenvalue weighted by Gasteiger charge is -2.45. The van der Waals surface area contributed by atoms with Gasteiger partial charge in [0.25, 0.3) is 0 Å². The van der Waals surface area contributed by atoms with E-state index in [1.165, 1.54) is 51.6 Å². The molecule has 0 spiro atoms. The Morgan fingerprint density at radius 1 is 0.824 bits per heavy atom. The van der Waals surface area contributed by atoms with Crippen molar-refractivity contribution in [3.05, 3.63) is 0 Å². The van der Waals surface area contributed by atoms with Gasteiger partial charge in [0.05, 0.1) is 16.9 Å². The van der Waals surface area contributed by atoms with Crippen molar-refractivity contribution >= 4 is 11.8 Å². The van der Waals surface area contributed by atoms with Gasteiger partial charge in [-0.25, -0.2) is 0 Å². The minimum atomic E-state index is 0.759. The summed E-state index contributed by atoms with van der Waals surface area (Å²) < 4.78 is 0. The average molecular weight is 256 g/mol. The Kier molecular flexibility index (Phi) is 5.19. The molecule has 2 fully saturated rings. The number of thioether (sulfide) groups is 1. The first kappa shape index (κ1) is 13.7. The molecular weight excluding hydrogens is 228 g/mol. The lowest BCUT2D eigenvalue weighted by molar-refractivity contribution is 0.0872. The number of nitrogens with zero attached hydrogens (tertiary/aromatic N) is 2. The number of fused-ring (bicyclic) bond motifs is 2. The van der Waals surface area contributed by atoms with E-state index in [4.69, 9.17) is 0 Å². The summed E-state index contributed by atoms with van der Waals surface area (Å²) in [6, 6.07) is 0. The van der Waals surface area contributed by atoms with Crippen LogP contribution in [0.4, 0.5) is 0 Å². The Bertz CT molecular complexity index is 214. The largest absolute Gasteiger partial charge is 0.274 e. The summed E-state index contributed by atoms with van der Waals surface area (Å²) in [5.74, 6) is 0. The van der Waals surface area contributed by atoms with Gasteiger partial charge in [0.15, 0.2) is 0 Å². The third-order valence-electron chi connectivity index (χ3n) is 4.05. The molecular formula is C14H28N2S. The monoisotopic (exact) mass is 256 g/mol. The molecule has 0 N–H and O–H groups in total. The Morgan fingerprint density at radius 3 is 1.71 bits per heavy atom. The van der Waals surface area contributed by atoms with Gasteiger partial charge in [-0.05, 0) is 19.3 Å². The second kappa shape index (κ2) is 6.44. The van der Waals surface area contributed by atoms with E-state index in [1.807, 2.05) is 0 Å². The zero-order valence-electron chi connectivity index (χ0n) is 11.7. The topological polar surface area (TPSA) is 6.48 Å². The average Bonchev–Trinajstić information content (AvgIpc) is 2.63. The van der Waals surface area contributed by atoms with Gasteiger partial charge in [-0.2, -0.15) is 0 Å². The van der Waals surface area contributed by atoms with Gasteiger partial charge >= 0.3 is 0 Å². The van der Waals surface area contributed by atoms with Crippen molar-refractivity contribution in [3.63, 3.8) is 0 Å². The molecule has 2 bridgehead atoms. The van der Waals surface area contributed by atoms with Crippen LogP contribution >= 0.6 is 11.8 Å². The van der Waals surface area contributed by atoms with Crippen LogP contribution in [-0.2, 0) is 0 Å². The number of hydrogen-bond acceptors (Lipinski definition) is 3. The summed E-state index contributed by atoms with van der Waals surface area (Å²) in [5, 5.41) is 1.60. The molecule has 0 saturated carbocycles. The highest BCUT2D eigenvalue weighted by molar-refractivity contribution is 8.00. The van der Waals surface area contributed by atoms with Crippen molar-refractivity contribution in [2.45, 2.75) is 76.2 Å². The summed E-state index contributed by atoms with van der Waals surface area (Å²) in [6.45, 7) is 9.59. The molecule has 2 aliphatic heterocycles. The van der Waals surface area contributed by atoms with Crippen LogP contribution in [0.25, 0.3) is 0 Å². The Labute approximate surface area is 111 Å². The van der Waals surface area contributed by atoms with Crippen LogP contribution in [0.5, 0.6) is 0 Å². The molecule has 100 valence electrons. The van der Waals surface area contributed by atoms with E-state index in [0.29, 0.717) is 0 Å². The third-order valence-corrected chi connectivity index (χ3v) is 5.70. The molecule has 3 heteroatoms. The highest BCUT2D eigenvalue weighted by Crippen LogP contribution is 2.42. The molecule has 0 aromatic rings. The minimum Gasteiger partial charge on any atom is -0.274 e. The van der Waals surface area contributed by atoms with Crippen LogP contribution in [0.1, 0.15) is 59.3 Å². The molecule has 2 heterocycles. The fraction of sp³-hybridized carbons (Fsp3) is 1.00. The van der Waals surface area contributed by atoms with E-state index in [2.05, 4.69) is 42.3 Å². The predicted molar refractivity (Wildman–Crippen MR) is 77.1 cm³/mol. The van der Waals surface area contributed by atoms with Gasteiger partial charge < -0.3 is 0 Å². The minimum absolute atomic E-state index is 0.759. The van der Waals surface area contributed by atoms with Crippen molar-refractivity contribution < 1.29 is 0 Å². The zero-order chi connectivity index (χ0) is 12.3. The molecule has 2 aliphatic rings. The second-order valence-electron chi connectivity index (χ2n) is 5.37. The maximum absolute atomic E-state index is 2.78. The van der Waals surface area contributed by atoms with E-state index >= 15 is 0 Å². The molecule has 4 atom stereocenters. The molecule has 4 unspecified atom stereocenters. The van der Waals surface area contributed by atoms with E-state index in [1.54, 1.807) is 0 Å². The van der Waals surface area contributed by atoms with Crippen molar-refractivity contribution in [3.8, 4) is 0 Å². The number of hydrogen-bond donors (Lipinski definition) is 0. The summed E-state index contributed by atoms with van der Waals surface area (Å²) in [5.41, 5.74) is 0. The first-order valence-corrected chi connectivity index (χ1v) is 8.43. The quantitative estimate of drug-likeness (QED) is 0.715. The fourth-order valence-electron chi connectivity index (χ4n) is 3.28. The lowest BCUT2D eigenvalue weighted by Crippen LogP contribution is -2.51. The van der Waals surface area contributed by atoms with Crippen LogP contribution in [-0.4, -0.2) is 39.8 Å². The molecule has 0 aromatic carbocycles. The molecule has 0 aliphatic carbocycles. The Balaban J connectivity index is 2.07. The molecule has 0 amide bonds. The van der Waals surface area contributed by atoms with E-state index in [9.17, 15) is 0 Å². The molecule has 0 radical (unpaired) electrons. The second-order valence-corrected chi connectivity index (χ2v) is 6.73. The third kappa shape index (κ3) is 2.82. The van der Waals surface area contributed by atoms with Crippen LogP contribution in [0.15, 0.2) is 0 Å². The van der Waals surface area contributed by atoms with Crippen LogP contribution in [0.2, 0.25) is 0 Å². The maximum Gasteiger partial charge on any atom is 0.0642 e. The highest BCUT2D eigenvalue weighted by Gasteiger charge is 2.44. The lowest BCUT2D eigenvalue weighted by atomic mass is 10.2. The molecule has 2 nitrogen and oxygen atoms in total.